The highest BCUT2D eigenvalue weighted by molar-refractivity contribution is 5.66. The third kappa shape index (κ3) is 6.66. The van der Waals surface area contributed by atoms with E-state index in [1.807, 2.05) is 30.3 Å². The second-order valence-corrected chi connectivity index (χ2v) is 5.45. The van der Waals surface area contributed by atoms with Gasteiger partial charge in [0.05, 0.1) is 12.1 Å². The summed E-state index contributed by atoms with van der Waals surface area (Å²) < 4.78 is 0. The molecule has 0 aliphatic carbocycles. The van der Waals surface area contributed by atoms with Crippen LogP contribution in [0, 0.1) is 11.3 Å². The fourth-order valence-corrected chi connectivity index (χ4v) is 1.82. The van der Waals surface area contributed by atoms with Crippen molar-refractivity contribution in [3.63, 3.8) is 0 Å². The van der Waals surface area contributed by atoms with Crippen LogP contribution in [-0.4, -0.2) is 16.6 Å². The summed E-state index contributed by atoms with van der Waals surface area (Å²) in [4.78, 5) is 10.5. The fourth-order valence-electron chi connectivity index (χ4n) is 1.82. The second-order valence-electron chi connectivity index (χ2n) is 5.45. The number of hydrogen-bond donors (Lipinski definition) is 1. The summed E-state index contributed by atoms with van der Waals surface area (Å²) in [6, 6.07) is 11.7. The quantitative estimate of drug-likeness (QED) is 0.576. The Morgan fingerprint density at radius 1 is 1.33 bits per heavy atom. The minimum Gasteiger partial charge on any atom is -0.481 e. The molecule has 0 spiro atoms. The summed E-state index contributed by atoms with van der Waals surface area (Å²) in [6.45, 7) is 3.42. The second kappa shape index (κ2) is 8.15. The number of carboxylic acids is 1. The summed E-state index contributed by atoms with van der Waals surface area (Å²) >= 11 is 0. The molecule has 1 atom stereocenters. The van der Waals surface area contributed by atoms with Gasteiger partial charge >= 0.3 is 5.97 Å². The van der Waals surface area contributed by atoms with Gasteiger partial charge in [-0.05, 0) is 32.3 Å². The number of benzene rings is 1. The Balaban J connectivity index is 2.72. The molecule has 5 heteroatoms. The Kier molecular flexibility index (Phi) is 6.54. The maximum Gasteiger partial charge on any atom is 0.303 e. The maximum atomic E-state index is 10.5. The van der Waals surface area contributed by atoms with E-state index in [9.17, 15) is 4.79 Å². The molecule has 0 aliphatic rings. The molecule has 1 aromatic carbocycles. The lowest BCUT2D eigenvalue weighted by Crippen LogP contribution is -2.12. The summed E-state index contributed by atoms with van der Waals surface area (Å²) in [5, 5.41) is 26.1. The van der Waals surface area contributed by atoms with Crippen molar-refractivity contribution in [3.05, 3.63) is 35.9 Å². The molecule has 0 amide bonds. The zero-order valence-corrected chi connectivity index (χ0v) is 12.5. The van der Waals surface area contributed by atoms with Crippen LogP contribution in [0.5, 0.6) is 0 Å². The van der Waals surface area contributed by atoms with E-state index in [4.69, 9.17) is 10.4 Å². The Hall–Kier alpha value is -2.22. The van der Waals surface area contributed by atoms with Crippen molar-refractivity contribution in [2.45, 2.75) is 51.1 Å². The number of nitriles is 1. The van der Waals surface area contributed by atoms with Crippen molar-refractivity contribution in [2.75, 3.05) is 0 Å². The lowest BCUT2D eigenvalue weighted by Gasteiger charge is -2.14. The van der Waals surface area contributed by atoms with Crippen molar-refractivity contribution in [2.24, 2.45) is 10.2 Å². The number of aliphatic carboxylic acids is 1. The van der Waals surface area contributed by atoms with Crippen LogP contribution >= 0.6 is 0 Å². The van der Waals surface area contributed by atoms with Crippen LogP contribution in [0.1, 0.15) is 51.1 Å². The standard InChI is InChI=1S/C16H21N3O2/c1-16(2,12-17)19-18-14(10-6-7-11-15(20)21)13-8-4-3-5-9-13/h3-5,8-9,14H,6-7,10-11H2,1-2H3,(H,20,21). The Bertz CT molecular complexity index is 518. The Labute approximate surface area is 125 Å². The first-order valence-electron chi connectivity index (χ1n) is 7.04. The first kappa shape index (κ1) is 16.8. The topological polar surface area (TPSA) is 85.8 Å². The largest absolute Gasteiger partial charge is 0.481 e. The Morgan fingerprint density at radius 2 is 2.00 bits per heavy atom. The monoisotopic (exact) mass is 287 g/mol. The highest BCUT2D eigenvalue weighted by Crippen LogP contribution is 2.25. The van der Waals surface area contributed by atoms with Crippen LogP contribution < -0.4 is 0 Å². The van der Waals surface area contributed by atoms with E-state index in [0.29, 0.717) is 6.42 Å². The first-order chi connectivity index (χ1) is 9.94. The molecule has 112 valence electrons. The van der Waals surface area contributed by atoms with Gasteiger partial charge in [-0.3, -0.25) is 4.79 Å². The van der Waals surface area contributed by atoms with Crippen LogP contribution in [0.25, 0.3) is 0 Å². The predicted octanol–water partition coefficient (Wildman–Crippen LogP) is 4.13. The number of carbonyl (C=O) groups is 1. The Morgan fingerprint density at radius 3 is 2.57 bits per heavy atom. The van der Waals surface area contributed by atoms with Gasteiger partial charge in [0.15, 0.2) is 5.54 Å². The number of azo groups is 1. The highest BCUT2D eigenvalue weighted by Gasteiger charge is 2.17. The van der Waals surface area contributed by atoms with Gasteiger partial charge in [0.25, 0.3) is 0 Å². The molecular weight excluding hydrogens is 266 g/mol. The van der Waals surface area contributed by atoms with Crippen LogP contribution in [0.3, 0.4) is 0 Å². The molecule has 1 unspecified atom stereocenters. The lowest BCUT2D eigenvalue weighted by molar-refractivity contribution is -0.137. The molecule has 1 N–H and O–H groups in total. The van der Waals surface area contributed by atoms with Gasteiger partial charge in [0.2, 0.25) is 0 Å². The zero-order valence-electron chi connectivity index (χ0n) is 12.5. The van der Waals surface area contributed by atoms with Gasteiger partial charge in [-0.25, -0.2) is 0 Å². The lowest BCUT2D eigenvalue weighted by atomic mass is 10.0. The minimum absolute atomic E-state index is 0.132. The van der Waals surface area contributed by atoms with E-state index in [1.165, 1.54) is 0 Å². The van der Waals surface area contributed by atoms with Crippen molar-refractivity contribution in [1.82, 2.24) is 0 Å². The molecule has 0 fully saturated rings. The van der Waals surface area contributed by atoms with Crippen LogP contribution in [0.4, 0.5) is 0 Å². The molecule has 0 radical (unpaired) electrons. The van der Waals surface area contributed by atoms with Gasteiger partial charge in [-0.2, -0.15) is 15.5 Å². The van der Waals surface area contributed by atoms with Crippen LogP contribution in [0.2, 0.25) is 0 Å². The molecular formula is C16H21N3O2. The molecule has 0 heterocycles. The number of unbranched alkanes of at least 4 members (excludes halogenated alkanes) is 1. The highest BCUT2D eigenvalue weighted by atomic mass is 16.4. The number of hydrogen-bond acceptors (Lipinski definition) is 4. The summed E-state index contributed by atoms with van der Waals surface area (Å²) in [5.41, 5.74) is 0.194. The van der Waals surface area contributed by atoms with Crippen LogP contribution in [0.15, 0.2) is 40.6 Å². The SMILES string of the molecule is CC(C)(C#N)N=NC(CCCCC(=O)O)c1ccccc1. The minimum atomic E-state index is -0.839. The predicted molar refractivity (Wildman–Crippen MR) is 79.8 cm³/mol. The van der Waals surface area contributed by atoms with Crippen molar-refractivity contribution in [3.8, 4) is 6.07 Å². The van der Waals surface area contributed by atoms with Gasteiger partial charge in [0.1, 0.15) is 0 Å². The van der Waals surface area contributed by atoms with E-state index < -0.39 is 11.5 Å². The van der Waals surface area contributed by atoms with Gasteiger partial charge in [0, 0.05) is 6.42 Å². The fraction of sp³-hybridized carbons (Fsp3) is 0.500. The smallest absolute Gasteiger partial charge is 0.303 e. The molecule has 1 aromatic rings. The van der Waals surface area contributed by atoms with Gasteiger partial charge in [-0.1, -0.05) is 36.8 Å². The van der Waals surface area contributed by atoms with Crippen LogP contribution in [-0.2, 0) is 4.79 Å². The average molecular weight is 287 g/mol. The molecule has 0 aromatic heterocycles. The zero-order chi connectivity index (χ0) is 15.7. The van der Waals surface area contributed by atoms with E-state index in [1.54, 1.807) is 13.8 Å². The molecule has 0 saturated carbocycles. The van der Waals surface area contributed by atoms with E-state index in [2.05, 4.69) is 16.3 Å². The first-order valence-corrected chi connectivity index (χ1v) is 7.04. The number of nitrogens with zero attached hydrogens (tertiary/aromatic N) is 3. The number of rotatable bonds is 8. The van der Waals surface area contributed by atoms with Gasteiger partial charge in [-0.15, -0.1) is 0 Å². The van der Waals surface area contributed by atoms with Crippen molar-refractivity contribution in [1.29, 1.82) is 5.26 Å². The third-order valence-electron chi connectivity index (χ3n) is 3.02. The molecule has 21 heavy (non-hydrogen) atoms. The molecule has 5 nitrogen and oxygen atoms in total. The normalized spacial score (nSPS) is 13.0. The average Bonchev–Trinajstić information content (AvgIpc) is 2.47. The van der Waals surface area contributed by atoms with E-state index in [-0.39, 0.29) is 12.5 Å². The molecule has 0 bridgehead atoms. The van der Waals surface area contributed by atoms with E-state index >= 15 is 0 Å². The maximum absolute atomic E-state index is 10.5. The van der Waals surface area contributed by atoms with Gasteiger partial charge < -0.3 is 5.11 Å². The molecule has 0 saturated heterocycles. The van der Waals surface area contributed by atoms with E-state index in [0.717, 1.165) is 18.4 Å². The third-order valence-corrected chi connectivity index (χ3v) is 3.02. The number of carboxylic acid groups (broad SMARTS) is 1. The van der Waals surface area contributed by atoms with Crippen molar-refractivity contribution >= 4 is 5.97 Å². The summed E-state index contributed by atoms with van der Waals surface area (Å²) in [6.07, 6.45) is 2.28. The summed E-state index contributed by atoms with van der Waals surface area (Å²) in [7, 11) is 0. The summed E-state index contributed by atoms with van der Waals surface area (Å²) in [5.74, 6) is -0.779. The molecule has 1 rings (SSSR count). The molecule has 0 aliphatic heterocycles. The van der Waals surface area contributed by atoms with Crippen molar-refractivity contribution < 1.29 is 9.90 Å².